The zero-order chi connectivity index (χ0) is 9.19. The van der Waals surface area contributed by atoms with Gasteiger partial charge < -0.3 is 5.11 Å². The molecule has 0 aliphatic heterocycles. The second-order valence-electron chi connectivity index (χ2n) is 3.38. The molecular weight excluding hydrogens is 291 g/mol. The number of aliphatic hydroxyl groups is 1. The van der Waals surface area contributed by atoms with Crippen molar-refractivity contribution in [2.24, 2.45) is 5.92 Å². The Balaban J connectivity index is 2.45. The number of hydrogen-bond acceptors (Lipinski definition) is 1. The summed E-state index contributed by atoms with van der Waals surface area (Å²) in [6, 6.07) is 0. The van der Waals surface area contributed by atoms with Gasteiger partial charge in [0.05, 0.1) is 0 Å². The minimum atomic E-state index is -1.80. The van der Waals surface area contributed by atoms with Gasteiger partial charge >= 0.3 is 0 Å². The lowest BCUT2D eigenvalue weighted by Crippen LogP contribution is -2.34. The molecule has 0 spiro atoms. The number of hydrogen-bond donors (Lipinski definition) is 1. The molecule has 4 heteroatoms. The molecule has 0 aromatic carbocycles. The molecule has 0 aromatic heterocycles. The second kappa shape index (κ2) is 4.38. The third-order valence-corrected chi connectivity index (χ3v) is 3.37. The van der Waals surface area contributed by atoms with Gasteiger partial charge in [-0.15, -0.1) is 0 Å². The van der Waals surface area contributed by atoms with Gasteiger partial charge in [0.1, 0.15) is 6.10 Å². The van der Waals surface area contributed by atoms with Crippen LogP contribution < -0.4 is 0 Å². The molecule has 1 unspecified atom stereocenters. The Morgan fingerprint density at radius 1 is 1.25 bits per heavy atom. The molecular formula is C8H13Br2FO. The highest BCUT2D eigenvalue weighted by Gasteiger charge is 2.38. The highest BCUT2D eigenvalue weighted by Crippen LogP contribution is 2.39. The zero-order valence-corrected chi connectivity index (χ0v) is 9.94. The minimum absolute atomic E-state index is 0.0995. The van der Waals surface area contributed by atoms with E-state index in [2.05, 4.69) is 31.9 Å². The third kappa shape index (κ3) is 2.96. The summed E-state index contributed by atoms with van der Waals surface area (Å²) in [5.74, 6) is 0.0995. The number of rotatable bonds is 2. The summed E-state index contributed by atoms with van der Waals surface area (Å²) in [7, 11) is 0. The first kappa shape index (κ1) is 10.9. The first-order chi connectivity index (χ1) is 5.52. The van der Waals surface area contributed by atoms with Gasteiger partial charge in [0, 0.05) is 0 Å². The molecule has 1 atom stereocenters. The summed E-state index contributed by atoms with van der Waals surface area (Å²) >= 11 is 5.56. The summed E-state index contributed by atoms with van der Waals surface area (Å²) < 4.78 is 11.3. The van der Waals surface area contributed by atoms with E-state index in [0.29, 0.717) is 0 Å². The Labute approximate surface area is 89.0 Å². The quantitative estimate of drug-likeness (QED) is 0.776. The molecule has 1 nitrogen and oxygen atoms in total. The van der Waals surface area contributed by atoms with Crippen LogP contribution in [0.3, 0.4) is 0 Å². The lowest BCUT2D eigenvalue weighted by Gasteiger charge is -2.30. The van der Waals surface area contributed by atoms with Crippen LogP contribution in [0.4, 0.5) is 4.39 Å². The maximum atomic E-state index is 13.2. The van der Waals surface area contributed by atoms with Crippen molar-refractivity contribution in [2.75, 3.05) is 0 Å². The Hall–Kier alpha value is 0.850. The Morgan fingerprint density at radius 3 is 2.17 bits per heavy atom. The first-order valence-electron chi connectivity index (χ1n) is 4.26. The average molecular weight is 304 g/mol. The highest BCUT2D eigenvalue weighted by molar-refractivity contribution is 9.25. The molecule has 1 aliphatic rings. The van der Waals surface area contributed by atoms with Crippen molar-refractivity contribution in [2.45, 2.75) is 41.7 Å². The maximum Gasteiger partial charge on any atom is 0.244 e. The molecule has 1 saturated carbocycles. The topological polar surface area (TPSA) is 20.2 Å². The zero-order valence-electron chi connectivity index (χ0n) is 6.77. The van der Waals surface area contributed by atoms with E-state index in [-0.39, 0.29) is 5.92 Å². The molecule has 1 N–H and O–H groups in total. The fraction of sp³-hybridized carbons (Fsp3) is 1.00. The molecule has 12 heavy (non-hydrogen) atoms. The number of halogens is 3. The van der Waals surface area contributed by atoms with Crippen molar-refractivity contribution >= 4 is 31.9 Å². The molecule has 0 amide bonds. The molecule has 0 saturated heterocycles. The van der Waals surface area contributed by atoms with Crippen LogP contribution in [0.25, 0.3) is 0 Å². The predicted octanol–water partition coefficient (Wildman–Crippen LogP) is 3.34. The Morgan fingerprint density at radius 2 is 1.75 bits per heavy atom. The van der Waals surface area contributed by atoms with E-state index < -0.39 is 9.59 Å². The molecule has 1 fully saturated rings. The largest absolute Gasteiger partial charge is 0.388 e. The Kier molecular flexibility index (Phi) is 3.99. The van der Waals surface area contributed by atoms with Crippen LogP contribution in [-0.2, 0) is 0 Å². The van der Waals surface area contributed by atoms with Gasteiger partial charge in [0.15, 0.2) is 0 Å². The smallest absolute Gasteiger partial charge is 0.244 e. The summed E-state index contributed by atoms with van der Waals surface area (Å²) in [5.41, 5.74) is 0. The number of aliphatic hydroxyl groups excluding tert-OH is 1. The van der Waals surface area contributed by atoms with Gasteiger partial charge in [0.2, 0.25) is 3.49 Å². The average Bonchev–Trinajstić information content (AvgIpc) is 2.03. The fourth-order valence-electron chi connectivity index (χ4n) is 1.72. The van der Waals surface area contributed by atoms with E-state index in [4.69, 9.17) is 0 Å². The van der Waals surface area contributed by atoms with Crippen molar-refractivity contribution in [3.05, 3.63) is 0 Å². The van der Waals surface area contributed by atoms with Crippen LogP contribution >= 0.6 is 31.9 Å². The molecule has 0 radical (unpaired) electrons. The van der Waals surface area contributed by atoms with Gasteiger partial charge in [0.25, 0.3) is 0 Å². The summed E-state index contributed by atoms with van der Waals surface area (Å²) in [4.78, 5) is 0. The van der Waals surface area contributed by atoms with Crippen molar-refractivity contribution in [3.63, 3.8) is 0 Å². The molecule has 0 heterocycles. The minimum Gasteiger partial charge on any atom is -0.388 e. The molecule has 1 aliphatic carbocycles. The summed E-state index contributed by atoms with van der Waals surface area (Å²) in [6.45, 7) is 0. The van der Waals surface area contributed by atoms with Gasteiger partial charge in [-0.2, -0.15) is 0 Å². The van der Waals surface area contributed by atoms with E-state index in [1.165, 1.54) is 6.42 Å². The van der Waals surface area contributed by atoms with Crippen LogP contribution in [0.15, 0.2) is 0 Å². The van der Waals surface area contributed by atoms with Crippen molar-refractivity contribution in [3.8, 4) is 0 Å². The highest BCUT2D eigenvalue weighted by atomic mass is 79.9. The molecule has 0 aromatic rings. The lowest BCUT2D eigenvalue weighted by atomic mass is 9.86. The van der Waals surface area contributed by atoms with Gasteiger partial charge in [-0.05, 0) is 50.6 Å². The van der Waals surface area contributed by atoms with E-state index >= 15 is 0 Å². The summed E-state index contributed by atoms with van der Waals surface area (Å²) in [5, 5.41) is 9.54. The van der Waals surface area contributed by atoms with Gasteiger partial charge in [-0.1, -0.05) is 19.3 Å². The van der Waals surface area contributed by atoms with Crippen molar-refractivity contribution < 1.29 is 9.50 Å². The van der Waals surface area contributed by atoms with Crippen LogP contribution in [0.2, 0.25) is 0 Å². The standard InChI is InChI=1S/C8H13Br2FO/c9-8(10,11)7(12)6-4-2-1-3-5-6/h6-7,12H,1-5H2. The monoisotopic (exact) mass is 302 g/mol. The second-order valence-corrected chi connectivity index (χ2v) is 6.76. The molecule has 72 valence electrons. The first-order valence-corrected chi connectivity index (χ1v) is 5.85. The summed E-state index contributed by atoms with van der Waals surface area (Å²) in [6.07, 6.45) is 4.37. The normalized spacial score (nSPS) is 24.0. The third-order valence-electron chi connectivity index (χ3n) is 2.43. The molecule has 1 rings (SSSR count). The fourth-order valence-corrected chi connectivity index (χ4v) is 2.46. The maximum absolute atomic E-state index is 13.2. The van der Waals surface area contributed by atoms with Crippen LogP contribution in [0.5, 0.6) is 0 Å². The van der Waals surface area contributed by atoms with E-state index in [1.54, 1.807) is 0 Å². The lowest BCUT2D eigenvalue weighted by molar-refractivity contribution is 0.0412. The number of alkyl halides is 3. The van der Waals surface area contributed by atoms with E-state index in [1.807, 2.05) is 0 Å². The van der Waals surface area contributed by atoms with Gasteiger partial charge in [-0.25, -0.2) is 4.39 Å². The van der Waals surface area contributed by atoms with Crippen molar-refractivity contribution in [1.29, 1.82) is 0 Å². The predicted molar refractivity (Wildman–Crippen MR) is 54.3 cm³/mol. The SMILES string of the molecule is OC(C1CCCCC1)C(F)(Br)Br. The van der Waals surface area contributed by atoms with E-state index in [9.17, 15) is 9.50 Å². The van der Waals surface area contributed by atoms with Gasteiger partial charge in [-0.3, -0.25) is 0 Å². The Bertz CT molecular complexity index is 140. The van der Waals surface area contributed by atoms with Crippen LogP contribution in [-0.4, -0.2) is 14.7 Å². The van der Waals surface area contributed by atoms with Crippen LogP contribution in [0.1, 0.15) is 32.1 Å². The molecule has 0 bridgehead atoms. The van der Waals surface area contributed by atoms with Crippen LogP contribution in [0, 0.1) is 5.92 Å². The van der Waals surface area contributed by atoms with Crippen molar-refractivity contribution in [1.82, 2.24) is 0 Å². The van der Waals surface area contributed by atoms with E-state index in [0.717, 1.165) is 25.7 Å².